The van der Waals surface area contributed by atoms with E-state index in [1.54, 1.807) is 11.9 Å². The zero-order valence-corrected chi connectivity index (χ0v) is 22.2. The first-order valence-electron chi connectivity index (χ1n) is 13.0. The molecule has 2 bridgehead atoms. The van der Waals surface area contributed by atoms with E-state index in [1.807, 2.05) is 44.2 Å². The van der Waals surface area contributed by atoms with Crippen LogP contribution in [-0.2, 0) is 30.1 Å². The fraction of sp³-hybridized carbons (Fsp3) is 0.462. The highest BCUT2D eigenvalue weighted by Crippen LogP contribution is 2.19. The molecule has 2 saturated heterocycles. The van der Waals surface area contributed by atoms with Crippen molar-refractivity contribution in [2.45, 2.75) is 50.8 Å². The molecule has 1 aromatic heterocycles. The number of nitrogens with zero attached hydrogens (tertiary/aromatic N) is 3. The molecule has 2 fully saturated rings. The van der Waals surface area contributed by atoms with E-state index < -0.39 is 54.9 Å². The molecule has 1 aromatic carbocycles. The molecule has 2 aliphatic rings. The van der Waals surface area contributed by atoms with Crippen LogP contribution in [0, 0.1) is 5.92 Å². The summed E-state index contributed by atoms with van der Waals surface area (Å²) in [6.07, 6.45) is 4.69. The topological polar surface area (TPSA) is 152 Å². The van der Waals surface area contributed by atoms with Gasteiger partial charge < -0.3 is 25.3 Å². The quantitative estimate of drug-likeness (QED) is 0.366. The number of rotatable bonds is 9. The zero-order chi connectivity index (χ0) is 27.9. The first-order chi connectivity index (χ1) is 18.7. The van der Waals surface area contributed by atoms with E-state index in [2.05, 4.69) is 25.9 Å². The van der Waals surface area contributed by atoms with Gasteiger partial charge in [0.1, 0.15) is 23.8 Å². The summed E-state index contributed by atoms with van der Waals surface area (Å²) in [6.45, 7) is 4.55. The third-order valence-electron chi connectivity index (χ3n) is 6.75. The third-order valence-corrected chi connectivity index (χ3v) is 6.75. The molecule has 4 rings (SSSR count). The fourth-order valence-corrected chi connectivity index (χ4v) is 4.67. The highest BCUT2D eigenvalue weighted by Gasteiger charge is 2.48. The monoisotopic (exact) mass is 536 g/mol. The van der Waals surface area contributed by atoms with E-state index in [0.29, 0.717) is 19.5 Å². The Balaban J connectivity index is 1.56. The van der Waals surface area contributed by atoms with Gasteiger partial charge in [-0.15, -0.1) is 0 Å². The van der Waals surface area contributed by atoms with Gasteiger partial charge in [0.15, 0.2) is 0 Å². The number of hydrogen-bond donors (Lipinski definition) is 3. The number of benzene rings is 1. The summed E-state index contributed by atoms with van der Waals surface area (Å²) in [5.74, 6) is -2.96. The van der Waals surface area contributed by atoms with Crippen molar-refractivity contribution in [3.05, 3.63) is 60.2 Å². The first kappa shape index (κ1) is 28.2. The lowest BCUT2D eigenvalue weighted by Crippen LogP contribution is -2.66. The van der Waals surface area contributed by atoms with Crippen LogP contribution < -0.4 is 16.0 Å². The molecule has 0 aliphatic carbocycles. The number of carbonyl (C=O) groups is 4. The Hall–Kier alpha value is -3.84. The van der Waals surface area contributed by atoms with E-state index in [4.69, 9.17) is 9.31 Å². The Morgan fingerprint density at radius 3 is 2.33 bits per heavy atom. The van der Waals surface area contributed by atoms with Crippen LogP contribution in [0.1, 0.15) is 36.3 Å². The Kier molecular flexibility index (Phi) is 9.26. The SMILES string of the molecule is CC(C)C[C@H](NC(=O)C(Cc1ccccc1)NC(=O)c1cnccn1)B1OC(=O)[C@H]2CNC[C@@H](C(=O)O1)N2C. The number of aromatic nitrogens is 2. The van der Waals surface area contributed by atoms with Gasteiger partial charge in [0, 0.05) is 31.9 Å². The molecule has 0 radical (unpaired) electrons. The number of nitrogens with one attached hydrogen (secondary N) is 3. The molecule has 0 saturated carbocycles. The van der Waals surface area contributed by atoms with Crippen LogP contribution in [0.25, 0.3) is 0 Å². The van der Waals surface area contributed by atoms with Gasteiger partial charge >= 0.3 is 19.1 Å². The maximum atomic E-state index is 13.7. The number of piperazine rings is 1. The summed E-state index contributed by atoms with van der Waals surface area (Å²) in [5, 5.41) is 8.69. The average Bonchev–Trinajstić information content (AvgIpc) is 2.92. The van der Waals surface area contributed by atoms with Gasteiger partial charge in [-0.2, -0.15) is 0 Å². The summed E-state index contributed by atoms with van der Waals surface area (Å²) >= 11 is 0. The molecule has 2 amide bonds. The summed E-state index contributed by atoms with van der Waals surface area (Å²) in [7, 11) is 0.363. The number of carbonyl (C=O) groups excluding carboxylic acids is 4. The molecule has 1 unspecified atom stereocenters. The molecule has 4 atom stereocenters. The normalized spacial score (nSPS) is 21.2. The Morgan fingerprint density at radius 2 is 1.74 bits per heavy atom. The van der Waals surface area contributed by atoms with Crippen molar-refractivity contribution in [2.24, 2.45) is 5.92 Å². The van der Waals surface area contributed by atoms with E-state index in [1.165, 1.54) is 18.6 Å². The summed E-state index contributed by atoms with van der Waals surface area (Å²) in [5.41, 5.74) is 0.888. The van der Waals surface area contributed by atoms with E-state index in [9.17, 15) is 19.2 Å². The largest absolute Gasteiger partial charge is 0.622 e. The van der Waals surface area contributed by atoms with Crippen LogP contribution in [-0.4, -0.2) is 89.9 Å². The van der Waals surface area contributed by atoms with Crippen molar-refractivity contribution >= 4 is 30.9 Å². The van der Waals surface area contributed by atoms with Crippen molar-refractivity contribution in [2.75, 3.05) is 20.1 Å². The van der Waals surface area contributed by atoms with Gasteiger partial charge in [0.2, 0.25) is 5.91 Å². The smallest absolute Gasteiger partial charge is 0.497 e. The number of likely N-dealkylation sites (N-methyl/N-ethyl adjacent to an activating group) is 1. The fourth-order valence-electron chi connectivity index (χ4n) is 4.67. The Labute approximate surface area is 227 Å². The number of fused-ring (bicyclic) bond motifs is 2. The average molecular weight is 536 g/mol. The van der Waals surface area contributed by atoms with Gasteiger partial charge in [-0.25, -0.2) is 4.98 Å². The van der Waals surface area contributed by atoms with Gasteiger partial charge in [-0.05, 0) is 24.9 Å². The number of hydrogen-bond acceptors (Lipinski definition) is 10. The predicted molar refractivity (Wildman–Crippen MR) is 141 cm³/mol. The molecule has 206 valence electrons. The van der Waals surface area contributed by atoms with Crippen LogP contribution in [0.4, 0.5) is 0 Å². The molecule has 0 spiro atoms. The second-order valence-corrected chi connectivity index (χ2v) is 10.1. The predicted octanol–water partition coefficient (Wildman–Crippen LogP) is -0.252. The minimum Gasteiger partial charge on any atom is -0.497 e. The van der Waals surface area contributed by atoms with Gasteiger partial charge in [-0.1, -0.05) is 44.2 Å². The maximum Gasteiger partial charge on any atom is 0.622 e. The molecule has 3 N–H and O–H groups in total. The summed E-state index contributed by atoms with van der Waals surface area (Å²) in [6, 6.07) is 6.92. The van der Waals surface area contributed by atoms with Gasteiger partial charge in [0.25, 0.3) is 5.91 Å². The molecular formula is C26H33BN6O6. The molecule has 39 heavy (non-hydrogen) atoms. The molecule has 12 nitrogen and oxygen atoms in total. The zero-order valence-electron chi connectivity index (χ0n) is 22.2. The molecular weight excluding hydrogens is 503 g/mol. The minimum atomic E-state index is -1.32. The lowest BCUT2D eigenvalue weighted by molar-refractivity contribution is -0.156. The highest BCUT2D eigenvalue weighted by atomic mass is 16.6. The minimum absolute atomic E-state index is 0.0590. The van der Waals surface area contributed by atoms with E-state index >= 15 is 0 Å². The van der Waals surface area contributed by atoms with Crippen molar-refractivity contribution in [1.29, 1.82) is 0 Å². The van der Waals surface area contributed by atoms with Crippen molar-refractivity contribution in [3.63, 3.8) is 0 Å². The van der Waals surface area contributed by atoms with Crippen molar-refractivity contribution < 1.29 is 28.5 Å². The third kappa shape index (κ3) is 7.18. The van der Waals surface area contributed by atoms with Crippen LogP contribution in [0.15, 0.2) is 48.9 Å². The van der Waals surface area contributed by atoms with Gasteiger partial charge in [0.05, 0.1) is 12.1 Å². The van der Waals surface area contributed by atoms with Gasteiger partial charge in [-0.3, -0.25) is 29.1 Å². The van der Waals surface area contributed by atoms with Crippen LogP contribution in [0.3, 0.4) is 0 Å². The highest BCUT2D eigenvalue weighted by molar-refractivity contribution is 6.51. The lowest BCUT2D eigenvalue weighted by atomic mass is 9.73. The summed E-state index contributed by atoms with van der Waals surface area (Å²) in [4.78, 5) is 62.1. The lowest BCUT2D eigenvalue weighted by Gasteiger charge is -2.40. The number of amides is 2. The van der Waals surface area contributed by atoms with Crippen LogP contribution in [0.5, 0.6) is 0 Å². The molecule has 2 aliphatic heterocycles. The molecule has 2 aromatic rings. The Morgan fingerprint density at radius 1 is 1.08 bits per heavy atom. The van der Waals surface area contributed by atoms with E-state index in [0.717, 1.165) is 5.56 Å². The maximum absolute atomic E-state index is 13.7. The standard InChI is InChI=1S/C26H33BN6O6/c1-16(2)11-22(27-38-25(36)20-14-29-15-21(33(20)3)26(37)39-27)32-23(34)18(12-17-7-5-4-6-8-17)31-24(35)19-13-28-9-10-30-19/h4-10,13,16,18,20-22,29H,11-12,14-15H2,1-3H3,(H,31,35)(H,32,34)/t18?,20-,21+,22-/m0/s1. The van der Waals surface area contributed by atoms with Crippen molar-refractivity contribution in [1.82, 2.24) is 30.8 Å². The summed E-state index contributed by atoms with van der Waals surface area (Å²) < 4.78 is 11.3. The molecule has 3 heterocycles. The van der Waals surface area contributed by atoms with Crippen LogP contribution in [0.2, 0.25) is 0 Å². The van der Waals surface area contributed by atoms with Crippen molar-refractivity contribution in [3.8, 4) is 0 Å². The van der Waals surface area contributed by atoms with Crippen LogP contribution >= 0.6 is 0 Å². The first-order valence-corrected chi connectivity index (χ1v) is 13.0. The Bertz CT molecular complexity index is 1140. The second-order valence-electron chi connectivity index (χ2n) is 10.1. The molecule has 13 heteroatoms. The van der Waals surface area contributed by atoms with E-state index in [-0.39, 0.29) is 18.0 Å². The second kappa shape index (κ2) is 12.8.